The van der Waals surface area contributed by atoms with Crippen molar-refractivity contribution in [2.45, 2.75) is 13.5 Å². The van der Waals surface area contributed by atoms with Gasteiger partial charge in [0.25, 0.3) is 0 Å². The minimum Gasteiger partial charge on any atom is -0.478 e. The Morgan fingerprint density at radius 1 is 1.43 bits per heavy atom. The number of carboxylic acids is 1. The Balaban J connectivity index is 2.08. The van der Waals surface area contributed by atoms with Crippen LogP contribution in [0.3, 0.4) is 0 Å². The zero-order chi connectivity index (χ0) is 15.2. The summed E-state index contributed by atoms with van der Waals surface area (Å²) in [6, 6.07) is 5.29. The summed E-state index contributed by atoms with van der Waals surface area (Å²) in [4.78, 5) is 26.1. The van der Waals surface area contributed by atoms with Gasteiger partial charge in [-0.1, -0.05) is 6.07 Å². The molecule has 7 heteroatoms. The maximum atomic E-state index is 11.8. The fraction of sp³-hybridized carbons (Fsp3) is 0.143. The maximum absolute atomic E-state index is 11.8. The number of rotatable bonds is 5. The number of nitrogens with zero attached hydrogens (tertiary/aromatic N) is 3. The first-order chi connectivity index (χ1) is 10.0. The number of aliphatic carboxylic acids is 1. The van der Waals surface area contributed by atoms with Crippen LogP contribution in [0, 0.1) is 6.92 Å². The van der Waals surface area contributed by atoms with Gasteiger partial charge in [0.05, 0.1) is 0 Å². The van der Waals surface area contributed by atoms with Gasteiger partial charge in [-0.15, -0.1) is 0 Å². The zero-order valence-corrected chi connectivity index (χ0v) is 11.4. The van der Waals surface area contributed by atoms with Gasteiger partial charge in [-0.05, 0) is 36.3 Å². The first-order valence-electron chi connectivity index (χ1n) is 6.18. The highest BCUT2D eigenvalue weighted by atomic mass is 16.4. The van der Waals surface area contributed by atoms with Gasteiger partial charge < -0.3 is 10.4 Å². The number of hydrogen-bond donors (Lipinski definition) is 2. The third-order valence-corrected chi connectivity index (χ3v) is 2.74. The van der Waals surface area contributed by atoms with Gasteiger partial charge in [-0.25, -0.2) is 14.5 Å². The highest BCUT2D eigenvalue weighted by molar-refractivity contribution is 5.91. The molecule has 0 aliphatic heterocycles. The highest BCUT2D eigenvalue weighted by Gasteiger charge is 2.05. The van der Waals surface area contributed by atoms with Crippen LogP contribution in [0.1, 0.15) is 11.1 Å². The van der Waals surface area contributed by atoms with Gasteiger partial charge in [0, 0.05) is 11.8 Å². The SMILES string of the molecule is Cc1ccc(NC(=O)Cn2cncn2)cc1C=CC(=O)O. The van der Waals surface area contributed by atoms with Crippen molar-refractivity contribution >= 4 is 23.6 Å². The Morgan fingerprint density at radius 3 is 2.90 bits per heavy atom. The van der Waals surface area contributed by atoms with E-state index >= 15 is 0 Å². The third kappa shape index (κ3) is 4.27. The highest BCUT2D eigenvalue weighted by Crippen LogP contribution is 2.16. The quantitative estimate of drug-likeness (QED) is 0.808. The van der Waals surface area contributed by atoms with Crippen LogP contribution in [0.15, 0.2) is 36.9 Å². The second-order valence-electron chi connectivity index (χ2n) is 4.38. The molecule has 2 N–H and O–H groups in total. The molecule has 0 aliphatic carbocycles. The molecule has 1 amide bonds. The van der Waals surface area contributed by atoms with Crippen LogP contribution in [-0.2, 0) is 16.1 Å². The summed E-state index contributed by atoms with van der Waals surface area (Å²) in [6.45, 7) is 1.93. The van der Waals surface area contributed by atoms with Crippen LogP contribution in [-0.4, -0.2) is 31.7 Å². The Kier molecular flexibility index (Phi) is 4.45. The lowest BCUT2D eigenvalue weighted by Gasteiger charge is -2.08. The predicted molar refractivity (Wildman–Crippen MR) is 76.5 cm³/mol. The van der Waals surface area contributed by atoms with Crippen molar-refractivity contribution in [2.24, 2.45) is 0 Å². The lowest BCUT2D eigenvalue weighted by Crippen LogP contribution is -2.19. The van der Waals surface area contributed by atoms with Crippen molar-refractivity contribution in [2.75, 3.05) is 5.32 Å². The molecule has 1 heterocycles. The summed E-state index contributed by atoms with van der Waals surface area (Å²) in [6.07, 6.45) is 5.36. The largest absolute Gasteiger partial charge is 0.478 e. The summed E-state index contributed by atoms with van der Waals surface area (Å²) >= 11 is 0. The molecule has 0 spiro atoms. The van der Waals surface area contributed by atoms with Crippen LogP contribution in [0.4, 0.5) is 5.69 Å². The average molecular weight is 286 g/mol. The Bertz CT molecular complexity index is 678. The van der Waals surface area contributed by atoms with Crippen LogP contribution < -0.4 is 5.32 Å². The summed E-state index contributed by atoms with van der Waals surface area (Å²) < 4.78 is 1.41. The lowest BCUT2D eigenvalue weighted by atomic mass is 10.1. The number of aromatic nitrogens is 3. The molecule has 1 aromatic carbocycles. The number of amides is 1. The molecule has 0 atom stereocenters. The Labute approximate surface area is 120 Å². The summed E-state index contributed by atoms with van der Waals surface area (Å²) in [5, 5.41) is 15.2. The molecule has 1 aromatic heterocycles. The minimum atomic E-state index is -1.02. The molecule has 0 saturated heterocycles. The third-order valence-electron chi connectivity index (χ3n) is 2.74. The van der Waals surface area contributed by atoms with Crippen molar-refractivity contribution < 1.29 is 14.7 Å². The van der Waals surface area contributed by atoms with Gasteiger partial charge >= 0.3 is 5.97 Å². The van der Waals surface area contributed by atoms with Crippen molar-refractivity contribution in [1.29, 1.82) is 0 Å². The molecule has 21 heavy (non-hydrogen) atoms. The standard InChI is InChI=1S/C14H14N4O3/c1-10-2-4-12(6-11(10)3-5-14(20)21)17-13(19)7-18-9-15-8-16-18/h2-6,8-9H,7H2,1H3,(H,17,19)(H,20,21). The van der Waals surface area contributed by atoms with Gasteiger partial charge in [-0.2, -0.15) is 5.10 Å². The Hall–Kier alpha value is -2.96. The monoisotopic (exact) mass is 286 g/mol. The topological polar surface area (TPSA) is 97.1 Å². The van der Waals surface area contributed by atoms with E-state index in [1.54, 1.807) is 12.1 Å². The second kappa shape index (κ2) is 6.47. The molecule has 2 aromatic rings. The second-order valence-corrected chi connectivity index (χ2v) is 4.38. The summed E-state index contributed by atoms with van der Waals surface area (Å²) in [5.41, 5.74) is 2.24. The van der Waals surface area contributed by atoms with Gasteiger partial charge in [0.15, 0.2) is 0 Å². The van der Waals surface area contributed by atoms with E-state index in [4.69, 9.17) is 5.11 Å². The van der Waals surface area contributed by atoms with E-state index in [0.717, 1.165) is 17.2 Å². The summed E-state index contributed by atoms with van der Waals surface area (Å²) in [5.74, 6) is -1.26. The van der Waals surface area contributed by atoms with Crippen molar-refractivity contribution in [3.8, 4) is 0 Å². The van der Waals surface area contributed by atoms with Gasteiger partial charge in [-0.3, -0.25) is 4.79 Å². The molecule has 2 rings (SSSR count). The van der Waals surface area contributed by atoms with Crippen LogP contribution >= 0.6 is 0 Å². The smallest absolute Gasteiger partial charge is 0.328 e. The van der Waals surface area contributed by atoms with E-state index in [2.05, 4.69) is 15.4 Å². The first-order valence-corrected chi connectivity index (χ1v) is 6.18. The number of hydrogen-bond acceptors (Lipinski definition) is 4. The first kappa shape index (κ1) is 14.4. The summed E-state index contributed by atoms with van der Waals surface area (Å²) in [7, 11) is 0. The van der Waals surface area contributed by atoms with E-state index in [-0.39, 0.29) is 12.5 Å². The van der Waals surface area contributed by atoms with E-state index in [0.29, 0.717) is 5.69 Å². The normalized spacial score (nSPS) is 10.7. The molecule has 0 fully saturated rings. The van der Waals surface area contributed by atoms with Crippen molar-refractivity contribution in [3.63, 3.8) is 0 Å². The number of carbonyl (C=O) groups is 2. The number of benzene rings is 1. The van der Waals surface area contributed by atoms with E-state index in [1.807, 2.05) is 13.0 Å². The van der Waals surface area contributed by atoms with E-state index in [1.165, 1.54) is 23.4 Å². The van der Waals surface area contributed by atoms with Crippen molar-refractivity contribution in [1.82, 2.24) is 14.8 Å². The predicted octanol–water partition coefficient (Wildman–Crippen LogP) is 1.32. The fourth-order valence-corrected chi connectivity index (χ4v) is 1.72. The molecule has 0 unspecified atom stereocenters. The Morgan fingerprint density at radius 2 is 2.24 bits per heavy atom. The molecule has 108 valence electrons. The maximum Gasteiger partial charge on any atom is 0.328 e. The molecule has 0 radical (unpaired) electrons. The number of carbonyl (C=O) groups excluding carboxylic acids is 1. The van der Waals surface area contributed by atoms with Crippen LogP contribution in [0.25, 0.3) is 6.08 Å². The van der Waals surface area contributed by atoms with E-state index < -0.39 is 5.97 Å². The minimum absolute atomic E-state index is 0.0637. The number of aryl methyl sites for hydroxylation is 1. The molecular formula is C14H14N4O3. The van der Waals surface area contributed by atoms with Gasteiger partial charge in [0.2, 0.25) is 5.91 Å². The molecule has 0 saturated carbocycles. The number of carboxylic acid groups (broad SMARTS) is 1. The van der Waals surface area contributed by atoms with E-state index in [9.17, 15) is 9.59 Å². The van der Waals surface area contributed by atoms with Crippen LogP contribution in [0.2, 0.25) is 0 Å². The molecule has 0 bridgehead atoms. The average Bonchev–Trinajstić information content (AvgIpc) is 2.92. The lowest BCUT2D eigenvalue weighted by molar-refractivity contribution is -0.131. The van der Waals surface area contributed by atoms with Crippen LogP contribution in [0.5, 0.6) is 0 Å². The van der Waals surface area contributed by atoms with Gasteiger partial charge in [0.1, 0.15) is 19.2 Å². The zero-order valence-electron chi connectivity index (χ0n) is 11.4. The molecular weight excluding hydrogens is 272 g/mol. The fourth-order valence-electron chi connectivity index (χ4n) is 1.72. The molecule has 7 nitrogen and oxygen atoms in total. The van der Waals surface area contributed by atoms with Crippen molar-refractivity contribution in [3.05, 3.63) is 48.1 Å². The number of nitrogens with one attached hydrogen (secondary N) is 1. The number of anilines is 1. The molecule has 0 aliphatic rings.